The lowest BCUT2D eigenvalue weighted by Gasteiger charge is -2.10. The number of aromatic nitrogens is 1. The molecule has 1 aromatic carbocycles. The van der Waals surface area contributed by atoms with Crippen molar-refractivity contribution in [3.63, 3.8) is 0 Å². The molecule has 2 heterocycles. The first-order valence-electron chi connectivity index (χ1n) is 6.84. The molecule has 1 aromatic heterocycles. The van der Waals surface area contributed by atoms with Crippen LogP contribution in [0.4, 0.5) is 10.1 Å². The lowest BCUT2D eigenvalue weighted by atomic mass is 10.0. The van der Waals surface area contributed by atoms with Gasteiger partial charge in [-0.3, -0.25) is 9.78 Å². The van der Waals surface area contributed by atoms with Crippen LogP contribution in [-0.4, -0.2) is 16.6 Å². The summed E-state index contributed by atoms with van der Waals surface area (Å²) in [6.45, 7) is 0. The van der Waals surface area contributed by atoms with Crippen molar-refractivity contribution in [2.75, 3.05) is 5.32 Å². The summed E-state index contributed by atoms with van der Waals surface area (Å²) in [6.07, 6.45) is 7.88. The number of hydrogen-bond acceptors (Lipinski definition) is 4. The number of anilines is 1. The van der Waals surface area contributed by atoms with Crippen molar-refractivity contribution >= 4 is 22.5 Å². The first-order valence-corrected chi connectivity index (χ1v) is 6.84. The highest BCUT2D eigenvalue weighted by atomic mass is 19.1. The minimum absolute atomic E-state index is 0.149. The zero-order valence-electron chi connectivity index (χ0n) is 11.7. The molecular formula is C16H13FN4O. The highest BCUT2D eigenvalue weighted by Gasteiger charge is 2.41. The fourth-order valence-corrected chi connectivity index (χ4v) is 2.26. The van der Waals surface area contributed by atoms with Gasteiger partial charge in [-0.1, -0.05) is 12.1 Å². The fraction of sp³-hybridized carbons (Fsp3) is 0.250. The monoisotopic (exact) mass is 296 g/mol. The molecule has 1 aliphatic heterocycles. The summed E-state index contributed by atoms with van der Waals surface area (Å²) in [5.74, 6) is 1.90. The summed E-state index contributed by atoms with van der Waals surface area (Å²) in [5, 5.41) is 11.2. The van der Waals surface area contributed by atoms with E-state index in [0.29, 0.717) is 23.9 Å². The number of pyridine rings is 1. The van der Waals surface area contributed by atoms with Gasteiger partial charge in [-0.2, -0.15) is 10.2 Å². The number of para-hydroxylation sites is 1. The number of nitrogens with one attached hydrogen (secondary N) is 1. The molecule has 0 aliphatic carbocycles. The number of rotatable bonds is 5. The summed E-state index contributed by atoms with van der Waals surface area (Å²) in [6, 6.07) is 6.36. The Balaban J connectivity index is 1.68. The summed E-state index contributed by atoms with van der Waals surface area (Å²) < 4.78 is 13.5. The van der Waals surface area contributed by atoms with Crippen molar-refractivity contribution in [1.82, 2.24) is 4.98 Å². The third-order valence-corrected chi connectivity index (χ3v) is 3.44. The van der Waals surface area contributed by atoms with Gasteiger partial charge < -0.3 is 5.32 Å². The maximum absolute atomic E-state index is 13.5. The van der Waals surface area contributed by atoms with Crippen LogP contribution in [0.2, 0.25) is 0 Å². The summed E-state index contributed by atoms with van der Waals surface area (Å²) >= 11 is 0. The molecule has 5 nitrogen and oxygen atoms in total. The Morgan fingerprint density at radius 1 is 1.41 bits per heavy atom. The van der Waals surface area contributed by atoms with Crippen LogP contribution in [0, 0.1) is 18.2 Å². The number of amides is 1. The molecule has 0 saturated carbocycles. The van der Waals surface area contributed by atoms with E-state index in [1.807, 2.05) is 0 Å². The van der Waals surface area contributed by atoms with Crippen LogP contribution in [0.15, 0.2) is 40.7 Å². The van der Waals surface area contributed by atoms with E-state index >= 15 is 0 Å². The topological polar surface area (TPSA) is 66.7 Å². The van der Waals surface area contributed by atoms with Gasteiger partial charge in [0.2, 0.25) is 11.6 Å². The number of fused-ring (bicyclic) bond motifs is 1. The van der Waals surface area contributed by atoms with Crippen molar-refractivity contribution in [3.8, 4) is 12.3 Å². The Bertz CT molecular complexity index is 803. The Hall–Kier alpha value is -2.81. The molecule has 2 aromatic rings. The summed E-state index contributed by atoms with van der Waals surface area (Å²) in [7, 11) is 0. The molecule has 6 heteroatoms. The van der Waals surface area contributed by atoms with Crippen LogP contribution in [0.3, 0.4) is 0 Å². The van der Waals surface area contributed by atoms with Crippen LogP contribution < -0.4 is 5.32 Å². The first kappa shape index (κ1) is 14.1. The second-order valence-corrected chi connectivity index (χ2v) is 5.15. The normalized spacial score (nSPS) is 14.5. The minimum Gasteiger partial charge on any atom is -0.325 e. The van der Waals surface area contributed by atoms with Crippen molar-refractivity contribution in [1.29, 1.82) is 0 Å². The molecular weight excluding hydrogens is 283 g/mol. The quantitative estimate of drug-likeness (QED) is 0.860. The van der Waals surface area contributed by atoms with Gasteiger partial charge in [0.25, 0.3) is 0 Å². The maximum Gasteiger partial charge on any atom is 0.228 e. The Kier molecular flexibility index (Phi) is 3.55. The van der Waals surface area contributed by atoms with Crippen molar-refractivity contribution in [3.05, 3.63) is 36.3 Å². The number of terminal acetylenes is 1. The molecule has 0 spiro atoms. The average molecular weight is 296 g/mol. The van der Waals surface area contributed by atoms with Gasteiger partial charge in [0.15, 0.2) is 0 Å². The van der Waals surface area contributed by atoms with Gasteiger partial charge in [-0.05, 0) is 12.1 Å². The highest BCUT2D eigenvalue weighted by molar-refractivity contribution is 5.93. The third-order valence-electron chi connectivity index (χ3n) is 3.44. The number of carbonyl (C=O) groups excluding carboxylic acids is 1. The van der Waals surface area contributed by atoms with Crippen molar-refractivity contribution < 1.29 is 9.18 Å². The lowest BCUT2D eigenvalue weighted by molar-refractivity contribution is -0.116. The second kappa shape index (κ2) is 5.53. The number of hydrogen-bond donors (Lipinski definition) is 1. The Labute approximate surface area is 126 Å². The molecule has 3 rings (SSSR count). The molecule has 1 N–H and O–H groups in total. The van der Waals surface area contributed by atoms with Gasteiger partial charge >= 0.3 is 0 Å². The molecule has 1 aliphatic rings. The Morgan fingerprint density at radius 2 is 2.23 bits per heavy atom. The number of nitrogens with zero attached hydrogens (tertiary/aromatic N) is 3. The van der Waals surface area contributed by atoms with E-state index in [-0.39, 0.29) is 23.7 Å². The lowest BCUT2D eigenvalue weighted by Crippen LogP contribution is -2.22. The van der Waals surface area contributed by atoms with E-state index in [1.165, 1.54) is 12.3 Å². The third kappa shape index (κ3) is 2.93. The SMILES string of the molecule is C#CCCC1(CC(=O)Nc2cnc3c(F)cccc3c2)N=N1. The molecule has 1 amide bonds. The molecule has 0 atom stereocenters. The van der Waals surface area contributed by atoms with Gasteiger partial charge in [0, 0.05) is 18.2 Å². The van der Waals surface area contributed by atoms with E-state index in [2.05, 4.69) is 26.4 Å². The van der Waals surface area contributed by atoms with Crippen LogP contribution in [0.1, 0.15) is 19.3 Å². The number of carbonyl (C=O) groups is 1. The van der Waals surface area contributed by atoms with Crippen LogP contribution in [0.5, 0.6) is 0 Å². The second-order valence-electron chi connectivity index (χ2n) is 5.15. The fourth-order valence-electron chi connectivity index (χ4n) is 2.26. The largest absolute Gasteiger partial charge is 0.325 e. The predicted octanol–water partition coefficient (Wildman–Crippen LogP) is 3.28. The van der Waals surface area contributed by atoms with E-state index in [1.54, 1.807) is 18.2 Å². The summed E-state index contributed by atoms with van der Waals surface area (Å²) in [5.41, 5.74) is 0.126. The zero-order valence-corrected chi connectivity index (χ0v) is 11.7. The molecule has 22 heavy (non-hydrogen) atoms. The zero-order chi connectivity index (χ0) is 15.6. The smallest absolute Gasteiger partial charge is 0.228 e. The first-order chi connectivity index (χ1) is 10.6. The van der Waals surface area contributed by atoms with Gasteiger partial charge in [0.1, 0.15) is 11.3 Å². The Morgan fingerprint density at radius 3 is 2.95 bits per heavy atom. The van der Waals surface area contributed by atoms with Crippen LogP contribution in [0.25, 0.3) is 10.9 Å². The average Bonchev–Trinajstić information content (AvgIpc) is 3.25. The molecule has 110 valence electrons. The minimum atomic E-state index is -0.660. The number of halogens is 1. The standard InChI is InChI=1S/C16H13FN4O/c1-2-3-7-16(20-21-16)9-14(22)19-12-8-11-5-4-6-13(17)15(11)18-10-12/h1,4-6,8,10H,3,7,9H2,(H,19,22). The maximum atomic E-state index is 13.5. The molecule has 0 radical (unpaired) electrons. The molecule has 0 saturated heterocycles. The van der Waals surface area contributed by atoms with Gasteiger partial charge in [-0.15, -0.1) is 12.3 Å². The molecule has 0 bridgehead atoms. The highest BCUT2D eigenvalue weighted by Crippen LogP contribution is 2.36. The van der Waals surface area contributed by atoms with Crippen molar-refractivity contribution in [2.45, 2.75) is 24.9 Å². The van der Waals surface area contributed by atoms with Gasteiger partial charge in [-0.25, -0.2) is 4.39 Å². The molecule has 0 unspecified atom stereocenters. The number of benzene rings is 1. The van der Waals surface area contributed by atoms with Crippen LogP contribution >= 0.6 is 0 Å². The van der Waals surface area contributed by atoms with Crippen molar-refractivity contribution in [2.24, 2.45) is 10.2 Å². The van der Waals surface area contributed by atoms with E-state index in [0.717, 1.165) is 0 Å². The van der Waals surface area contributed by atoms with E-state index in [9.17, 15) is 9.18 Å². The van der Waals surface area contributed by atoms with Crippen LogP contribution in [-0.2, 0) is 4.79 Å². The molecule has 0 fully saturated rings. The van der Waals surface area contributed by atoms with Gasteiger partial charge in [0.05, 0.1) is 18.3 Å². The predicted molar refractivity (Wildman–Crippen MR) is 80.6 cm³/mol. The summed E-state index contributed by atoms with van der Waals surface area (Å²) in [4.78, 5) is 16.1. The van der Waals surface area contributed by atoms with E-state index in [4.69, 9.17) is 6.42 Å². The van der Waals surface area contributed by atoms with E-state index < -0.39 is 5.66 Å².